The fourth-order valence-electron chi connectivity index (χ4n) is 2.43. The SMILES string of the molecule is C=C1C=C(Nc2c(N)n3n(c2=O)CCC3)C(=O)C=C1N. The molecule has 0 amide bonds. The quantitative estimate of drug-likeness (QED) is 0.698. The number of allylic oxidation sites excluding steroid dienone is 2. The van der Waals surface area contributed by atoms with Gasteiger partial charge in [0.2, 0.25) is 5.78 Å². The Morgan fingerprint density at radius 1 is 1.15 bits per heavy atom. The summed E-state index contributed by atoms with van der Waals surface area (Å²) in [6.45, 7) is 5.07. The van der Waals surface area contributed by atoms with E-state index in [0.29, 0.717) is 30.2 Å². The van der Waals surface area contributed by atoms with E-state index in [9.17, 15) is 9.59 Å². The molecule has 20 heavy (non-hydrogen) atoms. The molecule has 1 aliphatic carbocycles. The lowest BCUT2D eigenvalue weighted by molar-refractivity contribution is -0.111. The summed E-state index contributed by atoms with van der Waals surface area (Å²) in [4.78, 5) is 24.1. The minimum Gasteiger partial charge on any atom is -0.398 e. The van der Waals surface area contributed by atoms with Crippen LogP contribution in [0.2, 0.25) is 0 Å². The van der Waals surface area contributed by atoms with Gasteiger partial charge >= 0.3 is 0 Å². The summed E-state index contributed by atoms with van der Waals surface area (Å²) in [5, 5.41) is 2.82. The highest BCUT2D eigenvalue weighted by atomic mass is 16.1. The van der Waals surface area contributed by atoms with Crippen molar-refractivity contribution in [3.63, 3.8) is 0 Å². The molecule has 104 valence electrons. The van der Waals surface area contributed by atoms with Gasteiger partial charge in [-0.1, -0.05) is 6.58 Å². The van der Waals surface area contributed by atoms with Gasteiger partial charge in [-0.25, -0.2) is 4.68 Å². The largest absolute Gasteiger partial charge is 0.398 e. The van der Waals surface area contributed by atoms with Gasteiger partial charge in [-0.15, -0.1) is 0 Å². The summed E-state index contributed by atoms with van der Waals surface area (Å²) >= 11 is 0. The molecule has 0 aromatic carbocycles. The molecule has 0 atom stereocenters. The smallest absolute Gasteiger partial charge is 0.292 e. The van der Waals surface area contributed by atoms with Crippen LogP contribution in [0.3, 0.4) is 0 Å². The van der Waals surface area contributed by atoms with Crippen LogP contribution in [0.1, 0.15) is 6.42 Å². The summed E-state index contributed by atoms with van der Waals surface area (Å²) < 4.78 is 3.29. The molecule has 0 saturated heterocycles. The van der Waals surface area contributed by atoms with Crippen LogP contribution >= 0.6 is 0 Å². The zero-order valence-corrected chi connectivity index (χ0v) is 10.8. The Labute approximate surface area is 114 Å². The lowest BCUT2D eigenvalue weighted by Crippen LogP contribution is -2.22. The topological polar surface area (TPSA) is 108 Å². The predicted molar refractivity (Wildman–Crippen MR) is 75.8 cm³/mol. The second kappa shape index (κ2) is 4.16. The number of nitrogens with zero attached hydrogens (tertiary/aromatic N) is 2. The van der Waals surface area contributed by atoms with E-state index in [1.165, 1.54) is 12.2 Å². The summed E-state index contributed by atoms with van der Waals surface area (Å²) in [6.07, 6.45) is 3.68. The van der Waals surface area contributed by atoms with Crippen molar-refractivity contribution in [2.45, 2.75) is 19.5 Å². The number of fused-ring (bicyclic) bond motifs is 1. The number of nitrogens with one attached hydrogen (secondary N) is 1. The molecule has 0 saturated carbocycles. The number of carbonyl (C=O) groups excluding carboxylic acids is 1. The molecule has 1 aromatic rings. The molecule has 0 radical (unpaired) electrons. The molecule has 2 heterocycles. The lowest BCUT2D eigenvalue weighted by Gasteiger charge is -2.13. The van der Waals surface area contributed by atoms with Crippen LogP contribution in [0.5, 0.6) is 0 Å². The summed E-state index contributed by atoms with van der Waals surface area (Å²) in [5.41, 5.74) is 12.7. The zero-order valence-electron chi connectivity index (χ0n) is 10.8. The first-order valence-corrected chi connectivity index (χ1v) is 6.27. The van der Waals surface area contributed by atoms with Crippen LogP contribution in [0, 0.1) is 0 Å². The number of aromatic nitrogens is 2. The fourth-order valence-corrected chi connectivity index (χ4v) is 2.43. The highest BCUT2D eigenvalue weighted by Crippen LogP contribution is 2.23. The van der Waals surface area contributed by atoms with Crippen molar-refractivity contribution in [2.75, 3.05) is 11.1 Å². The summed E-state index contributed by atoms with van der Waals surface area (Å²) in [7, 11) is 0. The van der Waals surface area contributed by atoms with Crippen molar-refractivity contribution >= 4 is 17.3 Å². The lowest BCUT2D eigenvalue weighted by atomic mass is 10.0. The molecule has 1 aliphatic heterocycles. The third-order valence-electron chi connectivity index (χ3n) is 3.51. The first kappa shape index (κ1) is 12.3. The molecular formula is C13H15N5O2. The van der Waals surface area contributed by atoms with Gasteiger partial charge in [0.25, 0.3) is 5.56 Å². The average molecular weight is 273 g/mol. The van der Waals surface area contributed by atoms with Crippen molar-refractivity contribution in [3.05, 3.63) is 46.1 Å². The van der Waals surface area contributed by atoms with E-state index in [-0.39, 0.29) is 22.7 Å². The van der Waals surface area contributed by atoms with Crippen LogP contribution in [0.15, 0.2) is 40.5 Å². The molecular weight excluding hydrogens is 258 g/mol. The van der Waals surface area contributed by atoms with E-state index in [0.717, 1.165) is 6.42 Å². The molecule has 5 N–H and O–H groups in total. The highest BCUT2D eigenvalue weighted by Gasteiger charge is 2.24. The maximum absolute atomic E-state index is 12.2. The van der Waals surface area contributed by atoms with Crippen LogP contribution in [-0.4, -0.2) is 15.1 Å². The van der Waals surface area contributed by atoms with Gasteiger partial charge in [0.15, 0.2) is 0 Å². The Morgan fingerprint density at radius 2 is 1.85 bits per heavy atom. The van der Waals surface area contributed by atoms with Crippen LogP contribution in [0.25, 0.3) is 0 Å². The first-order valence-electron chi connectivity index (χ1n) is 6.27. The Balaban J connectivity index is 1.98. The second-order valence-electron chi connectivity index (χ2n) is 4.84. The Morgan fingerprint density at radius 3 is 2.55 bits per heavy atom. The van der Waals surface area contributed by atoms with Gasteiger partial charge in [-0.05, 0) is 18.1 Å². The minimum absolute atomic E-state index is 0.221. The van der Waals surface area contributed by atoms with E-state index in [4.69, 9.17) is 11.5 Å². The standard InChI is InChI=1S/C13H15N5O2/c1-7-5-9(10(19)6-8(7)14)16-11-12(15)17-3-2-4-18(17)13(11)20/h5-6,16H,1-4,14-15H2. The molecule has 3 rings (SSSR count). The molecule has 0 unspecified atom stereocenters. The second-order valence-corrected chi connectivity index (χ2v) is 4.84. The van der Waals surface area contributed by atoms with Crippen LogP contribution in [0.4, 0.5) is 11.5 Å². The summed E-state index contributed by atoms with van der Waals surface area (Å²) in [6, 6.07) is 0. The molecule has 7 heteroatoms. The van der Waals surface area contributed by atoms with Crippen LogP contribution in [-0.2, 0) is 17.9 Å². The number of anilines is 2. The van der Waals surface area contributed by atoms with E-state index >= 15 is 0 Å². The number of rotatable bonds is 2. The van der Waals surface area contributed by atoms with Crippen molar-refractivity contribution < 1.29 is 4.79 Å². The highest BCUT2D eigenvalue weighted by molar-refractivity contribution is 6.08. The molecule has 0 bridgehead atoms. The third kappa shape index (κ3) is 1.67. The number of ketones is 1. The molecule has 7 nitrogen and oxygen atoms in total. The number of nitrogen functional groups attached to an aromatic ring is 1. The van der Waals surface area contributed by atoms with E-state index in [1.807, 2.05) is 0 Å². The van der Waals surface area contributed by atoms with Crippen molar-refractivity contribution in [2.24, 2.45) is 5.73 Å². The zero-order chi connectivity index (χ0) is 14.4. The maximum atomic E-state index is 12.2. The van der Waals surface area contributed by atoms with Crippen molar-refractivity contribution in [3.8, 4) is 0 Å². The number of hydrogen-bond donors (Lipinski definition) is 3. The Hall–Kier alpha value is -2.70. The minimum atomic E-state index is -0.301. The number of hydrogen-bond acceptors (Lipinski definition) is 5. The predicted octanol–water partition coefficient (Wildman–Crippen LogP) is -0.0870. The normalized spacial score (nSPS) is 17.8. The van der Waals surface area contributed by atoms with Gasteiger partial charge in [-0.2, -0.15) is 0 Å². The number of nitrogens with two attached hydrogens (primary N) is 2. The average Bonchev–Trinajstić information content (AvgIpc) is 2.95. The Bertz CT molecular complexity index is 748. The molecule has 0 fully saturated rings. The van der Waals surface area contributed by atoms with E-state index < -0.39 is 0 Å². The molecule has 0 spiro atoms. The van der Waals surface area contributed by atoms with Crippen LogP contribution < -0.4 is 22.3 Å². The third-order valence-corrected chi connectivity index (χ3v) is 3.51. The van der Waals surface area contributed by atoms with Gasteiger partial charge in [0.1, 0.15) is 11.5 Å². The van der Waals surface area contributed by atoms with Gasteiger partial charge in [0, 0.05) is 24.9 Å². The number of carbonyl (C=O) groups is 1. The van der Waals surface area contributed by atoms with Crippen molar-refractivity contribution in [1.82, 2.24) is 9.36 Å². The van der Waals surface area contributed by atoms with E-state index in [2.05, 4.69) is 11.9 Å². The van der Waals surface area contributed by atoms with Gasteiger partial charge < -0.3 is 16.8 Å². The maximum Gasteiger partial charge on any atom is 0.292 e. The van der Waals surface area contributed by atoms with E-state index in [1.54, 1.807) is 9.36 Å². The summed E-state index contributed by atoms with van der Waals surface area (Å²) in [5.74, 6) is 0.0411. The monoisotopic (exact) mass is 273 g/mol. The van der Waals surface area contributed by atoms with Gasteiger partial charge in [0.05, 0.1) is 5.70 Å². The molecule has 1 aromatic heterocycles. The van der Waals surface area contributed by atoms with Crippen molar-refractivity contribution in [1.29, 1.82) is 0 Å². The molecule has 2 aliphatic rings. The first-order chi connectivity index (χ1) is 9.49. The Kier molecular flexibility index (Phi) is 2.56. The van der Waals surface area contributed by atoms with Gasteiger partial charge in [-0.3, -0.25) is 14.3 Å². The fraction of sp³-hybridized carbons (Fsp3) is 0.231.